The van der Waals surface area contributed by atoms with Crippen LogP contribution < -0.4 is 0 Å². The first-order valence-electron chi connectivity index (χ1n) is 7.20. The van der Waals surface area contributed by atoms with Crippen LogP contribution in [0.4, 0.5) is 0 Å². The lowest BCUT2D eigenvalue weighted by molar-refractivity contribution is 0.0541. The molecule has 0 bridgehead atoms. The number of aliphatic hydroxyl groups is 1. The summed E-state index contributed by atoms with van der Waals surface area (Å²) in [7, 11) is 2.10. The Labute approximate surface area is 125 Å². The van der Waals surface area contributed by atoms with Gasteiger partial charge in [0, 0.05) is 38.1 Å². The third-order valence-electron chi connectivity index (χ3n) is 3.89. The summed E-state index contributed by atoms with van der Waals surface area (Å²) in [5, 5.41) is 8.81. The second-order valence-electron chi connectivity index (χ2n) is 5.17. The van der Waals surface area contributed by atoms with Gasteiger partial charge in [0.2, 0.25) is 0 Å². The number of amides is 1. The number of piperazine rings is 1. The summed E-state index contributed by atoms with van der Waals surface area (Å²) in [5.41, 5.74) is 1.13. The van der Waals surface area contributed by atoms with Gasteiger partial charge in [0.1, 0.15) is 6.61 Å². The van der Waals surface area contributed by atoms with Crippen molar-refractivity contribution in [1.82, 2.24) is 14.8 Å². The first-order chi connectivity index (χ1) is 10.2. The van der Waals surface area contributed by atoms with Gasteiger partial charge in [-0.15, -0.1) is 0 Å². The fourth-order valence-corrected chi connectivity index (χ4v) is 2.56. The molecule has 21 heavy (non-hydrogen) atoms. The van der Waals surface area contributed by atoms with Gasteiger partial charge in [-0.3, -0.25) is 14.7 Å². The van der Waals surface area contributed by atoms with Crippen LogP contribution in [0.2, 0.25) is 0 Å². The lowest BCUT2D eigenvalue weighted by atomic mass is 10.1. The van der Waals surface area contributed by atoms with Gasteiger partial charge in [0.05, 0.1) is 11.1 Å². The van der Waals surface area contributed by atoms with E-state index in [0.29, 0.717) is 17.2 Å². The average Bonchev–Trinajstić information content (AvgIpc) is 2.53. The Morgan fingerprint density at radius 2 is 2.33 bits per heavy atom. The van der Waals surface area contributed by atoms with Gasteiger partial charge < -0.3 is 10.0 Å². The van der Waals surface area contributed by atoms with Gasteiger partial charge in [-0.2, -0.15) is 0 Å². The first kappa shape index (κ1) is 15.5. The highest BCUT2D eigenvalue weighted by atomic mass is 16.2. The van der Waals surface area contributed by atoms with Crippen molar-refractivity contribution in [2.75, 3.05) is 33.3 Å². The molecule has 112 valence electrons. The van der Waals surface area contributed by atoms with Crippen LogP contribution >= 0.6 is 0 Å². The Bertz CT molecular complexity index is 562. The van der Waals surface area contributed by atoms with E-state index in [1.165, 1.54) is 0 Å². The molecule has 1 aromatic rings. The fraction of sp³-hybridized carbons (Fsp3) is 0.500. The molecule has 1 saturated heterocycles. The molecule has 1 unspecified atom stereocenters. The number of pyridine rings is 1. The van der Waals surface area contributed by atoms with E-state index in [2.05, 4.69) is 35.7 Å². The van der Waals surface area contributed by atoms with Gasteiger partial charge in [0.25, 0.3) is 5.91 Å². The predicted octanol–water partition coefficient (Wildman–Crippen LogP) is 0.592. The highest BCUT2D eigenvalue weighted by Gasteiger charge is 2.27. The molecular weight excluding hydrogens is 266 g/mol. The number of aliphatic hydroxyl groups excluding tert-OH is 1. The van der Waals surface area contributed by atoms with Crippen molar-refractivity contribution in [2.24, 2.45) is 0 Å². The summed E-state index contributed by atoms with van der Waals surface area (Å²) >= 11 is 0. The van der Waals surface area contributed by atoms with E-state index in [9.17, 15) is 4.79 Å². The average molecular weight is 287 g/mol. The molecule has 2 rings (SSSR count). The molecule has 5 nitrogen and oxygen atoms in total. The quantitative estimate of drug-likeness (QED) is 0.809. The van der Waals surface area contributed by atoms with Gasteiger partial charge in [-0.05, 0) is 19.5 Å². The largest absolute Gasteiger partial charge is 0.384 e. The third kappa shape index (κ3) is 3.60. The predicted molar refractivity (Wildman–Crippen MR) is 80.8 cm³/mol. The molecule has 1 atom stereocenters. The van der Waals surface area contributed by atoms with Gasteiger partial charge in [0.15, 0.2) is 0 Å². The Balaban J connectivity index is 2.20. The smallest absolute Gasteiger partial charge is 0.255 e. The molecule has 1 amide bonds. The Hall–Kier alpha value is -1.90. The molecule has 1 aliphatic rings. The van der Waals surface area contributed by atoms with Crippen LogP contribution in [-0.4, -0.2) is 65.1 Å². The highest BCUT2D eigenvalue weighted by Crippen LogP contribution is 2.15. The molecule has 5 heteroatoms. The standard InChI is InChI=1S/C16H21N3O2/c1-3-14-12-19(9-8-18(14)2)16(21)15-6-7-17-11-13(15)5-4-10-20/h6-7,11,14,20H,3,8-10,12H2,1-2H3. The van der Waals surface area contributed by atoms with Crippen molar-refractivity contribution in [1.29, 1.82) is 0 Å². The van der Waals surface area contributed by atoms with E-state index in [0.717, 1.165) is 26.1 Å². The van der Waals surface area contributed by atoms with E-state index in [1.54, 1.807) is 18.5 Å². The lowest BCUT2D eigenvalue weighted by Gasteiger charge is -2.39. The number of likely N-dealkylation sites (N-methyl/N-ethyl adjacent to an activating group) is 1. The van der Waals surface area contributed by atoms with E-state index in [1.807, 2.05) is 4.90 Å². The van der Waals surface area contributed by atoms with E-state index >= 15 is 0 Å². The Kier molecular flexibility index (Phi) is 5.32. The minimum absolute atomic E-state index is 0.00816. The van der Waals surface area contributed by atoms with Crippen molar-refractivity contribution in [3.63, 3.8) is 0 Å². The van der Waals surface area contributed by atoms with E-state index in [4.69, 9.17) is 5.11 Å². The Morgan fingerprint density at radius 1 is 1.52 bits per heavy atom. The summed E-state index contributed by atoms with van der Waals surface area (Å²) < 4.78 is 0. The third-order valence-corrected chi connectivity index (χ3v) is 3.89. The number of carbonyl (C=O) groups is 1. The number of hydrogen-bond acceptors (Lipinski definition) is 4. The van der Waals surface area contributed by atoms with Crippen LogP contribution in [0.1, 0.15) is 29.3 Å². The lowest BCUT2D eigenvalue weighted by Crippen LogP contribution is -2.53. The topological polar surface area (TPSA) is 56.7 Å². The maximum absolute atomic E-state index is 12.7. The number of nitrogens with zero attached hydrogens (tertiary/aromatic N) is 3. The molecule has 1 fully saturated rings. The van der Waals surface area contributed by atoms with Crippen LogP contribution in [0.5, 0.6) is 0 Å². The van der Waals surface area contributed by atoms with E-state index in [-0.39, 0.29) is 12.5 Å². The maximum Gasteiger partial charge on any atom is 0.255 e. The highest BCUT2D eigenvalue weighted by molar-refractivity contribution is 5.96. The van der Waals surface area contributed by atoms with Gasteiger partial charge >= 0.3 is 0 Å². The number of aromatic nitrogens is 1. The summed E-state index contributed by atoms with van der Waals surface area (Å²) in [6, 6.07) is 2.10. The molecule has 1 aromatic heterocycles. The number of carbonyl (C=O) groups excluding carboxylic acids is 1. The molecule has 1 aliphatic heterocycles. The Morgan fingerprint density at radius 3 is 3.05 bits per heavy atom. The first-order valence-corrected chi connectivity index (χ1v) is 7.20. The van der Waals surface area contributed by atoms with Gasteiger partial charge in [-0.25, -0.2) is 0 Å². The van der Waals surface area contributed by atoms with Crippen LogP contribution in [0.25, 0.3) is 0 Å². The fourth-order valence-electron chi connectivity index (χ4n) is 2.56. The molecule has 0 aliphatic carbocycles. The van der Waals surface area contributed by atoms with Crippen molar-refractivity contribution in [3.05, 3.63) is 29.6 Å². The molecule has 0 aromatic carbocycles. The molecule has 0 radical (unpaired) electrons. The second-order valence-corrected chi connectivity index (χ2v) is 5.17. The molecular formula is C16H21N3O2. The van der Waals surface area contributed by atoms with Gasteiger partial charge in [-0.1, -0.05) is 18.8 Å². The SMILES string of the molecule is CCC1CN(C(=O)c2ccncc2C#CCO)CCN1C. The zero-order chi connectivity index (χ0) is 15.2. The summed E-state index contributed by atoms with van der Waals surface area (Å²) in [5.74, 6) is 5.36. The normalized spacial score (nSPS) is 19.0. The van der Waals surface area contributed by atoms with E-state index < -0.39 is 0 Å². The van der Waals surface area contributed by atoms with Crippen LogP contribution in [0, 0.1) is 11.8 Å². The van der Waals surface area contributed by atoms with Crippen molar-refractivity contribution in [3.8, 4) is 11.8 Å². The van der Waals surface area contributed by atoms with Crippen molar-refractivity contribution >= 4 is 5.91 Å². The zero-order valence-corrected chi connectivity index (χ0v) is 12.5. The van der Waals surface area contributed by atoms with Crippen molar-refractivity contribution < 1.29 is 9.90 Å². The molecule has 2 heterocycles. The maximum atomic E-state index is 12.7. The minimum atomic E-state index is -0.227. The molecule has 1 N–H and O–H groups in total. The molecule has 0 spiro atoms. The van der Waals surface area contributed by atoms with Crippen molar-refractivity contribution in [2.45, 2.75) is 19.4 Å². The molecule has 0 saturated carbocycles. The van der Waals surface area contributed by atoms with Crippen LogP contribution in [0.3, 0.4) is 0 Å². The number of rotatable bonds is 2. The van der Waals surface area contributed by atoms with Crippen LogP contribution in [0.15, 0.2) is 18.5 Å². The summed E-state index contributed by atoms with van der Waals surface area (Å²) in [6.45, 7) is 4.25. The summed E-state index contributed by atoms with van der Waals surface area (Å²) in [6.07, 6.45) is 4.20. The monoisotopic (exact) mass is 287 g/mol. The zero-order valence-electron chi connectivity index (χ0n) is 12.5. The summed E-state index contributed by atoms with van der Waals surface area (Å²) in [4.78, 5) is 20.9. The second kappa shape index (κ2) is 7.21. The number of hydrogen-bond donors (Lipinski definition) is 1. The minimum Gasteiger partial charge on any atom is -0.384 e. The van der Waals surface area contributed by atoms with Crippen LogP contribution in [-0.2, 0) is 0 Å².